The van der Waals surface area contributed by atoms with Gasteiger partial charge >= 0.3 is 0 Å². The van der Waals surface area contributed by atoms with E-state index in [0.29, 0.717) is 16.8 Å². The third kappa shape index (κ3) is 2.25. The van der Waals surface area contributed by atoms with Crippen molar-refractivity contribution in [3.63, 3.8) is 0 Å². The molecule has 2 aliphatic heterocycles. The first-order valence-corrected chi connectivity index (χ1v) is 6.02. The first-order valence-electron chi connectivity index (χ1n) is 5.11. The van der Waals surface area contributed by atoms with E-state index in [1.807, 2.05) is 0 Å². The van der Waals surface area contributed by atoms with Gasteiger partial charge in [0.25, 0.3) is 0 Å². The van der Waals surface area contributed by atoms with Crippen molar-refractivity contribution in [2.45, 2.75) is 30.7 Å². The Morgan fingerprint density at radius 2 is 2.23 bits per heavy atom. The summed E-state index contributed by atoms with van der Waals surface area (Å²) in [5.41, 5.74) is 0. The summed E-state index contributed by atoms with van der Waals surface area (Å²) in [5, 5.41) is 0. The molecule has 2 fully saturated rings. The highest BCUT2D eigenvalue weighted by molar-refractivity contribution is 9.09. The Balaban J connectivity index is 1.85. The fourth-order valence-corrected chi connectivity index (χ4v) is 3.08. The highest BCUT2D eigenvalue weighted by Gasteiger charge is 2.35. The fraction of sp³-hybridized carbons (Fsp3) is 1.00. The van der Waals surface area contributed by atoms with E-state index in [9.17, 15) is 0 Å². The van der Waals surface area contributed by atoms with Gasteiger partial charge in [0.1, 0.15) is 0 Å². The van der Waals surface area contributed by atoms with Crippen molar-refractivity contribution < 1.29 is 9.47 Å². The van der Waals surface area contributed by atoms with Crippen LogP contribution in [-0.2, 0) is 9.47 Å². The van der Waals surface area contributed by atoms with Crippen LogP contribution in [0.15, 0.2) is 0 Å². The zero-order chi connectivity index (χ0) is 9.26. The molecule has 13 heavy (non-hydrogen) atoms. The van der Waals surface area contributed by atoms with E-state index in [1.165, 1.54) is 12.8 Å². The molecule has 2 heterocycles. The molecule has 0 aromatic rings. The van der Waals surface area contributed by atoms with Crippen LogP contribution in [0.25, 0.3) is 0 Å². The van der Waals surface area contributed by atoms with Crippen molar-refractivity contribution in [3.05, 3.63) is 0 Å². The highest BCUT2D eigenvalue weighted by atomic mass is 79.9. The lowest BCUT2D eigenvalue weighted by Gasteiger charge is -2.19. The largest absolute Gasteiger partial charge is 0.381 e. The van der Waals surface area contributed by atoms with Gasteiger partial charge in [0.2, 0.25) is 0 Å². The smallest absolute Gasteiger partial charge is 0.0598 e. The lowest BCUT2D eigenvalue weighted by Crippen LogP contribution is -2.21. The number of halogens is 1. The molecule has 0 aliphatic carbocycles. The molecule has 4 atom stereocenters. The summed E-state index contributed by atoms with van der Waals surface area (Å²) < 4.78 is 11.0. The van der Waals surface area contributed by atoms with Gasteiger partial charge in [-0.05, 0) is 31.6 Å². The Kier molecular flexibility index (Phi) is 3.27. The number of hydrogen-bond donors (Lipinski definition) is 0. The Hall–Kier alpha value is 0.400. The summed E-state index contributed by atoms with van der Waals surface area (Å²) >= 11 is 3.69. The first kappa shape index (κ1) is 9.94. The Labute approximate surface area is 88.1 Å². The Morgan fingerprint density at radius 3 is 2.77 bits per heavy atom. The number of hydrogen-bond acceptors (Lipinski definition) is 2. The van der Waals surface area contributed by atoms with Crippen molar-refractivity contribution in [1.29, 1.82) is 0 Å². The minimum atomic E-state index is 0.421. The van der Waals surface area contributed by atoms with Gasteiger partial charge in [-0.3, -0.25) is 0 Å². The third-order valence-electron chi connectivity index (χ3n) is 3.22. The molecule has 0 radical (unpaired) electrons. The van der Waals surface area contributed by atoms with E-state index < -0.39 is 0 Å². The van der Waals surface area contributed by atoms with Gasteiger partial charge < -0.3 is 9.47 Å². The Morgan fingerprint density at radius 1 is 1.38 bits per heavy atom. The van der Waals surface area contributed by atoms with Crippen LogP contribution in [0.2, 0.25) is 0 Å². The molecule has 0 bridgehead atoms. The van der Waals surface area contributed by atoms with E-state index in [0.717, 1.165) is 25.7 Å². The molecule has 4 unspecified atom stereocenters. The number of alkyl halides is 1. The van der Waals surface area contributed by atoms with E-state index in [4.69, 9.17) is 9.47 Å². The third-order valence-corrected chi connectivity index (χ3v) is 4.16. The maximum Gasteiger partial charge on any atom is 0.0598 e. The van der Waals surface area contributed by atoms with Crippen LogP contribution in [0.3, 0.4) is 0 Å². The topological polar surface area (TPSA) is 18.5 Å². The summed E-state index contributed by atoms with van der Waals surface area (Å²) in [5.74, 6) is 1.46. The van der Waals surface area contributed by atoms with Gasteiger partial charge in [-0.1, -0.05) is 15.9 Å². The molecule has 2 aliphatic rings. The molecule has 0 aromatic carbocycles. The lowest BCUT2D eigenvalue weighted by molar-refractivity contribution is 0.0975. The quantitative estimate of drug-likeness (QED) is 0.698. The number of ether oxygens (including phenoxy) is 2. The molecule has 76 valence electrons. The average molecular weight is 249 g/mol. The molecule has 0 saturated carbocycles. The molecule has 3 heteroatoms. The van der Waals surface area contributed by atoms with Crippen molar-refractivity contribution in [2.24, 2.45) is 11.8 Å². The second-order valence-electron chi connectivity index (χ2n) is 4.18. The van der Waals surface area contributed by atoms with Crippen LogP contribution in [-0.4, -0.2) is 30.8 Å². The van der Waals surface area contributed by atoms with Gasteiger partial charge in [0.15, 0.2) is 0 Å². The van der Waals surface area contributed by atoms with Gasteiger partial charge in [-0.25, -0.2) is 0 Å². The SMILES string of the molecule is CC1OCC(Br)C1CC1CCOC1. The van der Waals surface area contributed by atoms with E-state index in [-0.39, 0.29) is 0 Å². The fourth-order valence-electron chi connectivity index (χ4n) is 2.28. The molecule has 0 amide bonds. The monoisotopic (exact) mass is 248 g/mol. The van der Waals surface area contributed by atoms with E-state index >= 15 is 0 Å². The molecular formula is C10H17BrO2. The minimum absolute atomic E-state index is 0.421. The zero-order valence-corrected chi connectivity index (χ0v) is 9.63. The summed E-state index contributed by atoms with van der Waals surface area (Å²) in [4.78, 5) is 0.558. The summed E-state index contributed by atoms with van der Waals surface area (Å²) in [6.07, 6.45) is 2.92. The van der Waals surface area contributed by atoms with Gasteiger partial charge in [-0.15, -0.1) is 0 Å². The molecule has 2 nitrogen and oxygen atoms in total. The second-order valence-corrected chi connectivity index (χ2v) is 5.36. The second kappa shape index (κ2) is 4.28. The van der Waals surface area contributed by atoms with Crippen LogP contribution >= 0.6 is 15.9 Å². The summed E-state index contributed by atoms with van der Waals surface area (Å²) in [6, 6.07) is 0. The zero-order valence-electron chi connectivity index (χ0n) is 8.04. The molecular weight excluding hydrogens is 232 g/mol. The van der Waals surface area contributed by atoms with Crippen LogP contribution in [0.5, 0.6) is 0 Å². The van der Waals surface area contributed by atoms with Crippen molar-refractivity contribution >= 4 is 15.9 Å². The Bertz CT molecular complexity index is 158. The summed E-state index contributed by atoms with van der Waals surface area (Å²) in [6.45, 7) is 4.98. The van der Waals surface area contributed by atoms with Crippen LogP contribution in [0, 0.1) is 11.8 Å². The molecule has 2 saturated heterocycles. The predicted octanol–water partition coefficient (Wildman–Crippen LogP) is 2.21. The predicted molar refractivity (Wildman–Crippen MR) is 55.2 cm³/mol. The first-order chi connectivity index (χ1) is 6.27. The van der Waals surface area contributed by atoms with Crippen LogP contribution in [0.4, 0.5) is 0 Å². The molecule has 0 N–H and O–H groups in total. The van der Waals surface area contributed by atoms with Crippen LogP contribution in [0.1, 0.15) is 19.8 Å². The highest BCUT2D eigenvalue weighted by Crippen LogP contribution is 2.34. The van der Waals surface area contributed by atoms with Gasteiger partial charge in [0, 0.05) is 18.0 Å². The normalized spacial score (nSPS) is 45.7. The molecule has 0 aromatic heterocycles. The van der Waals surface area contributed by atoms with E-state index in [2.05, 4.69) is 22.9 Å². The summed E-state index contributed by atoms with van der Waals surface area (Å²) in [7, 11) is 0. The average Bonchev–Trinajstić information content (AvgIpc) is 2.70. The maximum absolute atomic E-state index is 5.60. The number of rotatable bonds is 2. The minimum Gasteiger partial charge on any atom is -0.381 e. The van der Waals surface area contributed by atoms with Crippen molar-refractivity contribution in [2.75, 3.05) is 19.8 Å². The van der Waals surface area contributed by atoms with Gasteiger partial charge in [-0.2, -0.15) is 0 Å². The lowest BCUT2D eigenvalue weighted by atomic mass is 9.90. The molecule has 0 spiro atoms. The maximum atomic E-state index is 5.60. The van der Waals surface area contributed by atoms with Crippen LogP contribution < -0.4 is 0 Å². The molecule has 2 rings (SSSR count). The standard InChI is InChI=1S/C10H17BrO2/c1-7-9(10(11)6-13-7)4-8-2-3-12-5-8/h7-10H,2-6H2,1H3. The van der Waals surface area contributed by atoms with E-state index in [1.54, 1.807) is 0 Å². The van der Waals surface area contributed by atoms with Gasteiger partial charge in [0.05, 0.1) is 12.7 Å². The van der Waals surface area contributed by atoms with Crippen molar-refractivity contribution in [3.8, 4) is 0 Å². The van der Waals surface area contributed by atoms with Crippen molar-refractivity contribution in [1.82, 2.24) is 0 Å².